The van der Waals surface area contributed by atoms with E-state index in [4.69, 9.17) is 11.6 Å². The van der Waals surface area contributed by atoms with E-state index < -0.39 is 0 Å². The Bertz CT molecular complexity index is 420. The van der Waals surface area contributed by atoms with Gasteiger partial charge in [-0.2, -0.15) is 0 Å². The predicted molar refractivity (Wildman–Crippen MR) is 80.6 cm³/mol. The number of nitrogens with zero attached hydrogens (tertiary/aromatic N) is 1. The van der Waals surface area contributed by atoms with E-state index in [-0.39, 0.29) is 18.2 Å². The van der Waals surface area contributed by atoms with Crippen molar-refractivity contribution in [3.05, 3.63) is 34.6 Å². The van der Waals surface area contributed by atoms with E-state index in [9.17, 15) is 4.39 Å². The fourth-order valence-electron chi connectivity index (χ4n) is 2.67. The van der Waals surface area contributed by atoms with E-state index in [1.54, 1.807) is 12.1 Å². The molecule has 0 saturated carbocycles. The first kappa shape index (κ1) is 16.7. The van der Waals surface area contributed by atoms with Crippen LogP contribution in [0.2, 0.25) is 5.02 Å². The summed E-state index contributed by atoms with van der Waals surface area (Å²) in [6.45, 7) is 5.96. The molecule has 1 unspecified atom stereocenters. The summed E-state index contributed by atoms with van der Waals surface area (Å²) >= 11 is 5.90. The first-order chi connectivity index (χ1) is 8.48. The van der Waals surface area contributed by atoms with E-state index in [0.717, 1.165) is 19.6 Å². The van der Waals surface area contributed by atoms with Crippen molar-refractivity contribution in [1.29, 1.82) is 0 Å². The zero-order chi connectivity index (χ0) is 13.2. The molecule has 1 fully saturated rings. The molecular weight excluding hydrogens is 286 g/mol. The molecule has 0 aromatic heterocycles. The van der Waals surface area contributed by atoms with Crippen LogP contribution in [0, 0.1) is 11.2 Å². The lowest BCUT2D eigenvalue weighted by molar-refractivity contribution is 0.201. The third-order valence-corrected chi connectivity index (χ3v) is 3.79. The van der Waals surface area contributed by atoms with Crippen molar-refractivity contribution in [3.63, 3.8) is 0 Å². The molecule has 0 bridgehead atoms. The van der Waals surface area contributed by atoms with E-state index in [0.29, 0.717) is 22.5 Å². The second kappa shape index (κ2) is 6.89. The average Bonchev–Trinajstić information content (AvgIpc) is 2.70. The third kappa shape index (κ3) is 4.60. The molecule has 1 aliphatic rings. The van der Waals surface area contributed by atoms with Gasteiger partial charge in [0, 0.05) is 30.2 Å². The van der Waals surface area contributed by atoms with Crippen LogP contribution in [0.25, 0.3) is 0 Å². The van der Waals surface area contributed by atoms with Crippen molar-refractivity contribution >= 4 is 24.0 Å². The minimum absolute atomic E-state index is 0. The van der Waals surface area contributed by atoms with Crippen molar-refractivity contribution in [3.8, 4) is 0 Å². The third-order valence-electron chi connectivity index (χ3n) is 3.56. The molecule has 1 aliphatic heterocycles. The highest BCUT2D eigenvalue weighted by Gasteiger charge is 2.29. The molecule has 5 heteroatoms. The highest BCUT2D eigenvalue weighted by Crippen LogP contribution is 2.26. The number of benzene rings is 1. The van der Waals surface area contributed by atoms with Gasteiger partial charge in [0.2, 0.25) is 0 Å². The minimum atomic E-state index is -0.180. The van der Waals surface area contributed by atoms with Gasteiger partial charge in [-0.1, -0.05) is 18.5 Å². The Hall–Kier alpha value is -0.350. The monoisotopic (exact) mass is 306 g/mol. The maximum Gasteiger partial charge on any atom is 0.127 e. The molecule has 1 saturated heterocycles. The zero-order valence-corrected chi connectivity index (χ0v) is 13.0. The van der Waals surface area contributed by atoms with Gasteiger partial charge in [0.15, 0.2) is 0 Å². The second-order valence-corrected chi connectivity index (χ2v) is 6.08. The molecule has 2 rings (SSSR count). The number of halogens is 3. The topological polar surface area (TPSA) is 15.3 Å². The van der Waals surface area contributed by atoms with Gasteiger partial charge in [0.25, 0.3) is 0 Å². The summed E-state index contributed by atoms with van der Waals surface area (Å²) in [7, 11) is 2.03. The lowest BCUT2D eigenvalue weighted by Crippen LogP contribution is -2.34. The van der Waals surface area contributed by atoms with Crippen LogP contribution in [0.1, 0.15) is 18.9 Å². The van der Waals surface area contributed by atoms with Crippen molar-refractivity contribution in [2.75, 3.05) is 26.7 Å². The number of nitrogens with one attached hydrogen (secondary N) is 1. The first-order valence-electron chi connectivity index (χ1n) is 6.32. The number of hydrogen-bond acceptors (Lipinski definition) is 2. The Kier molecular flexibility index (Phi) is 6.06. The van der Waals surface area contributed by atoms with Crippen LogP contribution in [0.4, 0.5) is 4.39 Å². The Labute approximate surface area is 125 Å². The lowest BCUT2D eigenvalue weighted by Gasteiger charge is -2.29. The fraction of sp³-hybridized carbons (Fsp3) is 0.571. The van der Waals surface area contributed by atoms with Crippen LogP contribution in [0.15, 0.2) is 18.2 Å². The summed E-state index contributed by atoms with van der Waals surface area (Å²) < 4.78 is 13.6. The quantitative estimate of drug-likeness (QED) is 0.918. The van der Waals surface area contributed by atoms with Crippen LogP contribution >= 0.6 is 24.0 Å². The van der Waals surface area contributed by atoms with Crippen molar-refractivity contribution in [1.82, 2.24) is 10.2 Å². The van der Waals surface area contributed by atoms with Crippen molar-refractivity contribution < 1.29 is 4.39 Å². The first-order valence-corrected chi connectivity index (χ1v) is 6.69. The largest absolute Gasteiger partial charge is 0.316 e. The van der Waals surface area contributed by atoms with Gasteiger partial charge in [0.05, 0.1) is 0 Å². The van der Waals surface area contributed by atoms with Gasteiger partial charge in [0.1, 0.15) is 5.82 Å². The minimum Gasteiger partial charge on any atom is -0.316 e. The van der Waals surface area contributed by atoms with Gasteiger partial charge in [-0.15, -0.1) is 12.4 Å². The Balaban J connectivity index is 0.00000180. The summed E-state index contributed by atoms with van der Waals surface area (Å²) in [5.41, 5.74) is 0.962. The van der Waals surface area contributed by atoms with Crippen LogP contribution in [-0.2, 0) is 6.54 Å². The molecule has 0 spiro atoms. The van der Waals surface area contributed by atoms with Crippen LogP contribution in [0.3, 0.4) is 0 Å². The Morgan fingerprint density at radius 2 is 2.21 bits per heavy atom. The highest BCUT2D eigenvalue weighted by atomic mass is 35.5. The number of hydrogen-bond donors (Lipinski definition) is 1. The van der Waals surface area contributed by atoms with E-state index >= 15 is 0 Å². The van der Waals surface area contributed by atoms with Crippen molar-refractivity contribution in [2.45, 2.75) is 19.9 Å². The molecule has 1 aromatic rings. The summed E-state index contributed by atoms with van der Waals surface area (Å²) in [6, 6.07) is 4.73. The molecule has 2 nitrogen and oxygen atoms in total. The van der Waals surface area contributed by atoms with Crippen LogP contribution < -0.4 is 5.32 Å². The molecule has 1 heterocycles. The highest BCUT2D eigenvalue weighted by molar-refractivity contribution is 6.30. The summed E-state index contributed by atoms with van der Waals surface area (Å²) in [6.07, 6.45) is 1.18. The normalized spacial score (nSPS) is 22.6. The molecule has 0 aliphatic carbocycles. The molecule has 1 aromatic carbocycles. The molecule has 0 radical (unpaired) electrons. The Morgan fingerprint density at radius 3 is 2.84 bits per heavy atom. The predicted octanol–water partition coefficient (Wildman–Crippen LogP) is 3.33. The molecule has 1 N–H and O–H groups in total. The smallest absolute Gasteiger partial charge is 0.127 e. The lowest BCUT2D eigenvalue weighted by atomic mass is 9.89. The number of rotatable bonds is 4. The van der Waals surface area contributed by atoms with E-state index in [1.807, 2.05) is 7.05 Å². The fourth-order valence-corrected chi connectivity index (χ4v) is 2.86. The van der Waals surface area contributed by atoms with Gasteiger partial charge in [-0.3, -0.25) is 0 Å². The van der Waals surface area contributed by atoms with Gasteiger partial charge >= 0.3 is 0 Å². The van der Waals surface area contributed by atoms with Gasteiger partial charge in [-0.25, -0.2) is 4.39 Å². The van der Waals surface area contributed by atoms with E-state index in [2.05, 4.69) is 17.1 Å². The summed E-state index contributed by atoms with van der Waals surface area (Å²) in [5.74, 6) is -0.180. The van der Waals surface area contributed by atoms with Crippen LogP contribution in [0.5, 0.6) is 0 Å². The maximum absolute atomic E-state index is 13.6. The average molecular weight is 307 g/mol. The van der Waals surface area contributed by atoms with Gasteiger partial charge in [-0.05, 0) is 43.6 Å². The SMILES string of the molecule is CN(Cc1cc(Cl)ccc1F)CC1(C)CCNC1.Cl. The summed E-state index contributed by atoms with van der Waals surface area (Å²) in [4.78, 5) is 2.17. The van der Waals surface area contributed by atoms with Crippen molar-refractivity contribution in [2.24, 2.45) is 5.41 Å². The molecule has 1 atom stereocenters. The molecule has 0 amide bonds. The molecular formula is C14H21Cl2FN2. The second-order valence-electron chi connectivity index (χ2n) is 5.65. The maximum atomic E-state index is 13.6. The molecule has 19 heavy (non-hydrogen) atoms. The zero-order valence-electron chi connectivity index (χ0n) is 11.4. The Morgan fingerprint density at radius 1 is 1.47 bits per heavy atom. The van der Waals surface area contributed by atoms with E-state index in [1.165, 1.54) is 12.5 Å². The van der Waals surface area contributed by atoms with Gasteiger partial charge < -0.3 is 10.2 Å². The molecule has 108 valence electrons. The summed E-state index contributed by atoms with van der Waals surface area (Å²) in [5, 5.41) is 3.97. The standard InChI is InChI=1S/C14H20ClFN2.ClH/c1-14(5-6-17-9-14)10-18(2)8-11-7-12(15)3-4-13(11)16;/h3-4,7,17H,5-6,8-10H2,1-2H3;1H. The van der Waals surface area contributed by atoms with Crippen LogP contribution in [-0.4, -0.2) is 31.6 Å².